The number of benzene rings is 1. The number of nitrogens with one attached hydrogen (secondary N) is 1. The second kappa shape index (κ2) is 7.11. The molecule has 1 spiro atoms. The van der Waals surface area contributed by atoms with E-state index in [2.05, 4.69) is 4.98 Å². The average Bonchev–Trinajstić information content (AvgIpc) is 3.14. The third-order valence-corrected chi connectivity index (χ3v) is 6.42. The first-order valence-electron chi connectivity index (χ1n) is 10.3. The molecule has 1 aromatic carbocycles. The maximum absolute atomic E-state index is 14.1. The van der Waals surface area contributed by atoms with Crippen LogP contribution in [0.1, 0.15) is 42.7 Å². The van der Waals surface area contributed by atoms with Crippen molar-refractivity contribution in [3.05, 3.63) is 35.3 Å². The Morgan fingerprint density at radius 1 is 1.23 bits per heavy atom. The van der Waals surface area contributed by atoms with E-state index >= 15 is 0 Å². The molecule has 0 unspecified atom stereocenters. The number of urea groups is 1. The summed E-state index contributed by atoms with van der Waals surface area (Å²) in [7, 11) is 1.52. The molecular formula is C22H27FN4O3. The molecule has 0 bridgehead atoms. The van der Waals surface area contributed by atoms with Crippen molar-refractivity contribution in [1.82, 2.24) is 19.7 Å². The summed E-state index contributed by atoms with van der Waals surface area (Å²) in [5.74, 6) is -0.564. The van der Waals surface area contributed by atoms with E-state index in [4.69, 9.17) is 0 Å². The number of hydrogen-bond acceptors (Lipinski definition) is 3. The summed E-state index contributed by atoms with van der Waals surface area (Å²) >= 11 is 0. The highest BCUT2D eigenvalue weighted by Gasteiger charge is 2.57. The number of rotatable bonds is 3. The lowest BCUT2D eigenvalue weighted by Crippen LogP contribution is -2.58. The molecule has 1 aromatic heterocycles. The maximum Gasteiger partial charge on any atom is 0.327 e. The SMILES string of the molecule is Cc1c(C(=O)N2CCC3(CC2)C(=O)N(C)C(=O)N3CC(C)C)[nH]c2c(F)cccc12. The van der Waals surface area contributed by atoms with Gasteiger partial charge in [-0.1, -0.05) is 26.0 Å². The molecule has 0 atom stereocenters. The molecule has 0 radical (unpaired) electrons. The van der Waals surface area contributed by atoms with E-state index in [-0.39, 0.29) is 23.8 Å². The minimum absolute atomic E-state index is 0.191. The minimum atomic E-state index is -0.880. The van der Waals surface area contributed by atoms with E-state index in [1.54, 1.807) is 28.9 Å². The number of para-hydroxylation sites is 1. The van der Waals surface area contributed by atoms with Gasteiger partial charge in [0.2, 0.25) is 0 Å². The Morgan fingerprint density at radius 3 is 2.50 bits per heavy atom. The highest BCUT2D eigenvalue weighted by molar-refractivity contribution is 6.07. The first-order chi connectivity index (χ1) is 14.2. The molecular weight excluding hydrogens is 387 g/mol. The fourth-order valence-corrected chi connectivity index (χ4v) is 4.75. The van der Waals surface area contributed by atoms with Crippen LogP contribution >= 0.6 is 0 Å². The summed E-state index contributed by atoms with van der Waals surface area (Å²) in [6.07, 6.45) is 0.794. The highest BCUT2D eigenvalue weighted by atomic mass is 19.1. The summed E-state index contributed by atoms with van der Waals surface area (Å²) in [5.41, 5.74) is 0.529. The van der Waals surface area contributed by atoms with Crippen molar-refractivity contribution in [2.45, 2.75) is 39.2 Å². The lowest BCUT2D eigenvalue weighted by molar-refractivity contribution is -0.134. The standard InChI is InChI=1S/C22H27FN4O3/c1-13(2)12-27-21(30)25(4)20(29)22(27)8-10-26(11-9-22)19(28)17-14(3)15-6-5-7-16(23)18(15)24-17/h5-7,13,24H,8-12H2,1-4H3. The Labute approximate surface area is 174 Å². The van der Waals surface area contributed by atoms with Gasteiger partial charge in [-0.3, -0.25) is 14.5 Å². The van der Waals surface area contributed by atoms with Crippen LogP contribution in [0.5, 0.6) is 0 Å². The number of piperidine rings is 1. The van der Waals surface area contributed by atoms with Crippen molar-refractivity contribution < 1.29 is 18.8 Å². The van der Waals surface area contributed by atoms with Gasteiger partial charge in [0.05, 0.1) is 5.52 Å². The van der Waals surface area contributed by atoms with Gasteiger partial charge in [0.15, 0.2) is 0 Å². The van der Waals surface area contributed by atoms with Crippen molar-refractivity contribution in [2.24, 2.45) is 5.92 Å². The number of likely N-dealkylation sites (tertiary alicyclic amines) is 1. The molecule has 3 heterocycles. The number of carbonyl (C=O) groups is 3. The smallest absolute Gasteiger partial charge is 0.327 e. The van der Waals surface area contributed by atoms with E-state index in [1.165, 1.54) is 18.0 Å². The number of hydrogen-bond donors (Lipinski definition) is 1. The number of imide groups is 1. The summed E-state index contributed by atoms with van der Waals surface area (Å²) in [6.45, 7) is 7.05. The number of likely N-dealkylation sites (N-methyl/N-ethyl adjacent to an activating group) is 1. The van der Waals surface area contributed by atoms with E-state index < -0.39 is 11.4 Å². The first kappa shape index (κ1) is 20.4. The molecule has 4 amide bonds. The van der Waals surface area contributed by atoms with Crippen LogP contribution in [0.25, 0.3) is 10.9 Å². The maximum atomic E-state index is 14.1. The molecule has 160 valence electrons. The second-order valence-corrected chi connectivity index (χ2v) is 8.76. The summed E-state index contributed by atoms with van der Waals surface area (Å²) in [4.78, 5) is 46.3. The van der Waals surface area contributed by atoms with Crippen LogP contribution in [-0.4, -0.2) is 69.8 Å². The van der Waals surface area contributed by atoms with Gasteiger partial charge in [-0.15, -0.1) is 0 Å². The molecule has 0 aliphatic carbocycles. The molecule has 1 N–H and O–H groups in total. The lowest BCUT2D eigenvalue weighted by atomic mass is 9.85. The zero-order chi connectivity index (χ0) is 21.8. The molecule has 0 saturated carbocycles. The van der Waals surface area contributed by atoms with E-state index in [1.807, 2.05) is 13.8 Å². The molecule has 2 fully saturated rings. The van der Waals surface area contributed by atoms with E-state index in [9.17, 15) is 18.8 Å². The molecule has 2 aliphatic heterocycles. The van der Waals surface area contributed by atoms with Gasteiger partial charge in [-0.2, -0.15) is 0 Å². The van der Waals surface area contributed by atoms with Gasteiger partial charge in [0.1, 0.15) is 17.1 Å². The number of aromatic amines is 1. The van der Waals surface area contributed by atoms with Gasteiger partial charge in [-0.25, -0.2) is 9.18 Å². The lowest BCUT2D eigenvalue weighted by Gasteiger charge is -2.42. The zero-order valence-electron chi connectivity index (χ0n) is 17.8. The second-order valence-electron chi connectivity index (χ2n) is 8.76. The third kappa shape index (κ3) is 2.88. The van der Waals surface area contributed by atoms with Gasteiger partial charge in [-0.05, 0) is 37.3 Å². The number of aryl methyl sites for hydroxylation is 1. The van der Waals surface area contributed by atoms with Crippen molar-refractivity contribution >= 4 is 28.7 Å². The van der Waals surface area contributed by atoms with Gasteiger partial charge in [0, 0.05) is 32.1 Å². The fourth-order valence-electron chi connectivity index (χ4n) is 4.75. The van der Waals surface area contributed by atoms with Crippen LogP contribution < -0.4 is 0 Å². The monoisotopic (exact) mass is 414 g/mol. The summed E-state index contributed by atoms with van der Waals surface area (Å²) in [6, 6.07) is 4.50. The van der Waals surface area contributed by atoms with Crippen molar-refractivity contribution in [1.29, 1.82) is 0 Å². The topological polar surface area (TPSA) is 76.7 Å². The summed E-state index contributed by atoms with van der Waals surface area (Å²) < 4.78 is 14.1. The number of aromatic nitrogens is 1. The molecule has 8 heteroatoms. The van der Waals surface area contributed by atoms with Crippen LogP contribution in [0.4, 0.5) is 9.18 Å². The van der Waals surface area contributed by atoms with Crippen LogP contribution in [0, 0.1) is 18.7 Å². The van der Waals surface area contributed by atoms with Crippen LogP contribution in [0.3, 0.4) is 0 Å². The number of fused-ring (bicyclic) bond motifs is 1. The predicted molar refractivity (Wildman–Crippen MR) is 111 cm³/mol. The van der Waals surface area contributed by atoms with Crippen LogP contribution in [0.15, 0.2) is 18.2 Å². The molecule has 7 nitrogen and oxygen atoms in total. The molecule has 4 rings (SSSR count). The highest BCUT2D eigenvalue weighted by Crippen LogP contribution is 2.38. The fraction of sp³-hybridized carbons (Fsp3) is 0.500. The Bertz CT molecular complexity index is 1040. The zero-order valence-corrected chi connectivity index (χ0v) is 17.8. The first-order valence-corrected chi connectivity index (χ1v) is 10.3. The predicted octanol–water partition coefficient (Wildman–Crippen LogP) is 3.14. The minimum Gasteiger partial charge on any atom is -0.348 e. The Kier molecular flexibility index (Phi) is 4.83. The molecule has 30 heavy (non-hydrogen) atoms. The molecule has 2 aromatic rings. The quantitative estimate of drug-likeness (QED) is 0.784. The number of halogens is 1. The Morgan fingerprint density at radius 2 is 1.90 bits per heavy atom. The number of carbonyl (C=O) groups excluding carboxylic acids is 3. The van der Waals surface area contributed by atoms with Crippen molar-refractivity contribution in [2.75, 3.05) is 26.7 Å². The van der Waals surface area contributed by atoms with Crippen LogP contribution in [0.2, 0.25) is 0 Å². The number of H-pyrrole nitrogens is 1. The van der Waals surface area contributed by atoms with Gasteiger partial charge < -0.3 is 14.8 Å². The van der Waals surface area contributed by atoms with Gasteiger partial charge >= 0.3 is 6.03 Å². The normalized spacial score (nSPS) is 19.1. The third-order valence-electron chi connectivity index (χ3n) is 6.42. The molecule has 2 saturated heterocycles. The van der Waals surface area contributed by atoms with E-state index in [0.717, 1.165) is 0 Å². The summed E-state index contributed by atoms with van der Waals surface area (Å²) in [5, 5.41) is 0.688. The van der Waals surface area contributed by atoms with E-state index in [0.29, 0.717) is 54.6 Å². The Balaban J connectivity index is 1.58. The largest absolute Gasteiger partial charge is 0.348 e. The number of nitrogens with zero attached hydrogens (tertiary/aromatic N) is 3. The van der Waals surface area contributed by atoms with Crippen molar-refractivity contribution in [3.8, 4) is 0 Å². The van der Waals surface area contributed by atoms with Crippen LogP contribution in [-0.2, 0) is 4.79 Å². The average molecular weight is 414 g/mol. The number of amides is 4. The van der Waals surface area contributed by atoms with Crippen molar-refractivity contribution in [3.63, 3.8) is 0 Å². The van der Waals surface area contributed by atoms with Gasteiger partial charge in [0.25, 0.3) is 11.8 Å². The molecule has 2 aliphatic rings. The Hall–Kier alpha value is -2.90.